The van der Waals surface area contributed by atoms with E-state index in [2.05, 4.69) is 17.1 Å². The summed E-state index contributed by atoms with van der Waals surface area (Å²) in [5.74, 6) is 3.19. The zero-order chi connectivity index (χ0) is 20.8. The maximum Gasteiger partial charge on any atom is 0.163 e. The molecule has 2 fully saturated rings. The van der Waals surface area contributed by atoms with Crippen LogP contribution in [0.15, 0.2) is 12.1 Å². The first kappa shape index (κ1) is 21.1. The van der Waals surface area contributed by atoms with Gasteiger partial charge >= 0.3 is 0 Å². The Morgan fingerprint density at radius 1 is 1.13 bits per heavy atom. The van der Waals surface area contributed by atoms with Gasteiger partial charge in [-0.3, -0.25) is 0 Å². The summed E-state index contributed by atoms with van der Waals surface area (Å²) in [7, 11) is 1.69. The van der Waals surface area contributed by atoms with Crippen LogP contribution in [-0.4, -0.2) is 67.5 Å². The molecule has 164 valence electrons. The van der Waals surface area contributed by atoms with E-state index >= 15 is 0 Å². The molecular weight excluding hydrogens is 380 g/mol. The zero-order valence-electron chi connectivity index (χ0n) is 18.3. The summed E-state index contributed by atoms with van der Waals surface area (Å²) >= 11 is 0. The van der Waals surface area contributed by atoms with E-state index in [1.54, 1.807) is 7.11 Å². The van der Waals surface area contributed by atoms with E-state index < -0.39 is 0 Å². The number of nitrogens with zero attached hydrogens (tertiary/aromatic N) is 3. The maximum atomic E-state index is 6.11. The van der Waals surface area contributed by atoms with Crippen molar-refractivity contribution in [2.45, 2.75) is 51.5 Å². The van der Waals surface area contributed by atoms with E-state index in [9.17, 15) is 0 Å². The molecule has 2 aliphatic rings. The number of fused-ring (bicyclic) bond motifs is 1. The van der Waals surface area contributed by atoms with Gasteiger partial charge in [-0.1, -0.05) is 6.92 Å². The topological polar surface area (TPSA) is 68.7 Å². The summed E-state index contributed by atoms with van der Waals surface area (Å²) in [6.45, 7) is 7.88. The molecule has 2 aliphatic heterocycles. The van der Waals surface area contributed by atoms with Crippen molar-refractivity contribution in [2.75, 3.05) is 51.9 Å². The number of hydrogen-bond acceptors (Lipinski definition) is 7. The van der Waals surface area contributed by atoms with Crippen LogP contribution < -0.4 is 14.8 Å². The first-order valence-electron chi connectivity index (χ1n) is 11.3. The van der Waals surface area contributed by atoms with Crippen LogP contribution in [0.2, 0.25) is 0 Å². The molecule has 7 heteroatoms. The fourth-order valence-electron chi connectivity index (χ4n) is 4.24. The molecule has 0 aliphatic carbocycles. The van der Waals surface area contributed by atoms with Crippen LogP contribution in [0.5, 0.6) is 11.5 Å². The van der Waals surface area contributed by atoms with Crippen LogP contribution in [-0.2, 0) is 11.2 Å². The van der Waals surface area contributed by atoms with Crippen LogP contribution in [0.4, 0.5) is 5.82 Å². The van der Waals surface area contributed by atoms with Gasteiger partial charge in [0, 0.05) is 43.7 Å². The van der Waals surface area contributed by atoms with E-state index in [-0.39, 0.29) is 0 Å². The number of benzene rings is 1. The van der Waals surface area contributed by atoms with E-state index in [1.807, 2.05) is 12.1 Å². The number of aromatic nitrogens is 2. The summed E-state index contributed by atoms with van der Waals surface area (Å²) in [6, 6.07) is 4.38. The van der Waals surface area contributed by atoms with Crippen molar-refractivity contribution in [1.82, 2.24) is 14.9 Å². The molecule has 1 aromatic heterocycles. The van der Waals surface area contributed by atoms with Crippen LogP contribution in [0.1, 0.15) is 44.9 Å². The minimum atomic E-state index is 0.370. The highest BCUT2D eigenvalue weighted by Crippen LogP contribution is 2.35. The van der Waals surface area contributed by atoms with E-state index in [0.29, 0.717) is 12.6 Å². The number of nitrogens with one attached hydrogen (secondary N) is 1. The molecular formula is C23H34N4O3. The molecule has 7 nitrogen and oxygen atoms in total. The second kappa shape index (κ2) is 10.3. The lowest BCUT2D eigenvalue weighted by Crippen LogP contribution is -2.28. The largest absolute Gasteiger partial charge is 0.493 e. The van der Waals surface area contributed by atoms with Gasteiger partial charge in [-0.25, -0.2) is 9.97 Å². The fraction of sp³-hybridized carbons (Fsp3) is 0.652. The van der Waals surface area contributed by atoms with Crippen molar-refractivity contribution in [3.05, 3.63) is 18.0 Å². The number of rotatable bonds is 9. The molecule has 3 heterocycles. The van der Waals surface area contributed by atoms with Crippen molar-refractivity contribution in [3.63, 3.8) is 0 Å². The Morgan fingerprint density at radius 2 is 1.93 bits per heavy atom. The number of methoxy groups -OCH3 is 1. The normalized spacial score (nSPS) is 18.1. The second-order valence-electron chi connectivity index (χ2n) is 8.14. The second-order valence-corrected chi connectivity index (χ2v) is 8.14. The van der Waals surface area contributed by atoms with Gasteiger partial charge in [-0.2, -0.15) is 0 Å². The molecule has 0 bridgehead atoms. The minimum Gasteiger partial charge on any atom is -0.493 e. The van der Waals surface area contributed by atoms with Crippen LogP contribution in [0, 0.1) is 0 Å². The molecule has 0 saturated carbocycles. The number of anilines is 1. The van der Waals surface area contributed by atoms with E-state index in [1.165, 1.54) is 25.9 Å². The number of ether oxygens (including phenoxy) is 3. The molecule has 1 aromatic carbocycles. The van der Waals surface area contributed by atoms with Crippen molar-refractivity contribution in [3.8, 4) is 11.5 Å². The first-order chi connectivity index (χ1) is 14.8. The summed E-state index contributed by atoms with van der Waals surface area (Å²) in [6.07, 6.45) is 6.43. The van der Waals surface area contributed by atoms with Crippen LogP contribution in [0.3, 0.4) is 0 Å². The highest BCUT2D eigenvalue weighted by molar-refractivity contribution is 5.92. The smallest absolute Gasteiger partial charge is 0.163 e. The first-order valence-corrected chi connectivity index (χ1v) is 11.3. The third-order valence-electron chi connectivity index (χ3n) is 5.98. The molecule has 30 heavy (non-hydrogen) atoms. The minimum absolute atomic E-state index is 0.370. The molecule has 0 amide bonds. The molecule has 1 N–H and O–H groups in total. The maximum absolute atomic E-state index is 6.11. The zero-order valence-corrected chi connectivity index (χ0v) is 18.3. The SMILES string of the molecule is CCc1nc(NC2CCOCC2)c2cc(OC)c(OCCCN3CCCC3)cc2n1. The molecule has 0 spiro atoms. The van der Waals surface area contributed by atoms with Crippen molar-refractivity contribution in [2.24, 2.45) is 0 Å². The molecule has 2 saturated heterocycles. The third-order valence-corrected chi connectivity index (χ3v) is 5.98. The summed E-state index contributed by atoms with van der Waals surface area (Å²) < 4.78 is 17.2. The average molecular weight is 415 g/mol. The Hall–Kier alpha value is -2.12. The standard InChI is InChI=1S/C23H34N4O3/c1-3-22-25-19-16-21(30-12-6-11-27-9-4-5-10-27)20(28-2)15-18(19)23(26-22)24-17-7-13-29-14-8-17/h15-17H,3-14H2,1-2H3,(H,24,25,26). The van der Waals surface area contributed by atoms with Crippen LogP contribution >= 0.6 is 0 Å². The van der Waals surface area contributed by atoms with Crippen molar-refractivity contribution >= 4 is 16.7 Å². The van der Waals surface area contributed by atoms with Gasteiger partial charge in [0.2, 0.25) is 0 Å². The molecule has 4 rings (SSSR count). The van der Waals surface area contributed by atoms with Gasteiger partial charge in [0.1, 0.15) is 11.6 Å². The monoisotopic (exact) mass is 414 g/mol. The number of aryl methyl sites for hydroxylation is 1. The summed E-state index contributed by atoms with van der Waals surface area (Å²) in [5, 5.41) is 4.59. The third kappa shape index (κ3) is 5.13. The quantitative estimate of drug-likeness (QED) is 0.628. The molecule has 0 radical (unpaired) electrons. The van der Waals surface area contributed by atoms with Gasteiger partial charge in [-0.05, 0) is 51.3 Å². The molecule has 0 unspecified atom stereocenters. The molecule has 0 atom stereocenters. The van der Waals surface area contributed by atoms with Crippen LogP contribution in [0.25, 0.3) is 10.9 Å². The van der Waals surface area contributed by atoms with Crippen molar-refractivity contribution in [1.29, 1.82) is 0 Å². The Balaban J connectivity index is 1.52. The Morgan fingerprint density at radius 3 is 2.67 bits per heavy atom. The highest BCUT2D eigenvalue weighted by atomic mass is 16.5. The van der Waals surface area contributed by atoms with E-state index in [0.717, 1.165) is 79.5 Å². The Kier molecular flexibility index (Phi) is 7.23. The van der Waals surface area contributed by atoms with Gasteiger partial charge in [0.05, 0.1) is 19.2 Å². The predicted octanol–water partition coefficient (Wildman–Crippen LogP) is 3.66. The van der Waals surface area contributed by atoms with Gasteiger partial charge in [0.15, 0.2) is 11.5 Å². The lowest BCUT2D eigenvalue weighted by Gasteiger charge is -2.24. The van der Waals surface area contributed by atoms with Gasteiger partial charge in [0.25, 0.3) is 0 Å². The summed E-state index contributed by atoms with van der Waals surface area (Å²) in [5.41, 5.74) is 0.895. The number of likely N-dealkylation sites (tertiary alicyclic amines) is 1. The molecule has 2 aromatic rings. The lowest BCUT2D eigenvalue weighted by atomic mass is 10.1. The Labute approximate surface area is 179 Å². The van der Waals surface area contributed by atoms with E-state index in [4.69, 9.17) is 24.2 Å². The highest BCUT2D eigenvalue weighted by Gasteiger charge is 2.18. The number of hydrogen-bond donors (Lipinski definition) is 1. The van der Waals surface area contributed by atoms with Gasteiger partial charge < -0.3 is 24.4 Å². The fourth-order valence-corrected chi connectivity index (χ4v) is 4.24. The average Bonchev–Trinajstić information content (AvgIpc) is 3.30. The summed E-state index contributed by atoms with van der Waals surface area (Å²) in [4.78, 5) is 12.0. The van der Waals surface area contributed by atoms with Gasteiger partial charge in [-0.15, -0.1) is 0 Å². The lowest BCUT2D eigenvalue weighted by molar-refractivity contribution is 0.0904. The van der Waals surface area contributed by atoms with Crippen molar-refractivity contribution < 1.29 is 14.2 Å². The Bertz CT molecular complexity index is 833. The predicted molar refractivity (Wildman–Crippen MR) is 119 cm³/mol.